The van der Waals surface area contributed by atoms with Crippen molar-refractivity contribution in [3.63, 3.8) is 0 Å². The zero-order chi connectivity index (χ0) is 14.1. The maximum absolute atomic E-state index is 11.6. The van der Waals surface area contributed by atoms with Crippen molar-refractivity contribution in [1.82, 2.24) is 25.3 Å². The summed E-state index contributed by atoms with van der Waals surface area (Å²) < 4.78 is 0. The number of anilines is 1. The normalized spacial score (nSPS) is 16.6. The summed E-state index contributed by atoms with van der Waals surface area (Å²) in [5, 5.41) is 2.89. The molecule has 106 valence electrons. The number of hydrogen-bond acceptors (Lipinski definition) is 5. The number of carbonyl (C=O) groups excluding carboxylic acids is 1. The van der Waals surface area contributed by atoms with Crippen LogP contribution in [0.2, 0.25) is 5.28 Å². The lowest BCUT2D eigenvalue weighted by molar-refractivity contribution is -0.125. The number of carbonyl (C=O) groups is 1. The van der Waals surface area contributed by atoms with E-state index in [1.165, 1.54) is 0 Å². The number of amides is 1. The van der Waals surface area contributed by atoms with Crippen LogP contribution < -0.4 is 10.2 Å². The largest absolute Gasteiger partial charge is 0.359 e. The monoisotopic (exact) mass is 294 g/mol. The Kier molecular flexibility index (Phi) is 3.43. The van der Waals surface area contributed by atoms with Crippen LogP contribution in [0.25, 0.3) is 11.2 Å². The number of imidazole rings is 1. The molecule has 0 unspecified atom stereocenters. The van der Waals surface area contributed by atoms with E-state index >= 15 is 0 Å². The minimum Gasteiger partial charge on any atom is -0.359 e. The van der Waals surface area contributed by atoms with E-state index in [-0.39, 0.29) is 17.1 Å². The van der Waals surface area contributed by atoms with Gasteiger partial charge in [0.2, 0.25) is 11.2 Å². The Bertz CT molecular complexity index is 634. The Morgan fingerprint density at radius 3 is 2.90 bits per heavy atom. The first-order valence-electron chi connectivity index (χ1n) is 6.52. The van der Waals surface area contributed by atoms with Crippen molar-refractivity contribution in [2.75, 3.05) is 25.0 Å². The quantitative estimate of drug-likeness (QED) is 0.806. The van der Waals surface area contributed by atoms with Crippen LogP contribution in [-0.4, -0.2) is 46.0 Å². The van der Waals surface area contributed by atoms with Gasteiger partial charge in [-0.25, -0.2) is 4.98 Å². The molecule has 0 aromatic carbocycles. The van der Waals surface area contributed by atoms with Crippen LogP contribution in [0, 0.1) is 5.92 Å². The molecule has 1 amide bonds. The molecule has 1 aliphatic heterocycles. The summed E-state index contributed by atoms with van der Waals surface area (Å²) in [6.07, 6.45) is 3.18. The molecule has 0 bridgehead atoms. The predicted molar refractivity (Wildman–Crippen MR) is 75.7 cm³/mol. The number of fused-ring (bicyclic) bond motifs is 1. The van der Waals surface area contributed by atoms with E-state index in [4.69, 9.17) is 11.6 Å². The molecule has 0 radical (unpaired) electrons. The number of hydrogen-bond donors (Lipinski definition) is 2. The van der Waals surface area contributed by atoms with Crippen LogP contribution in [0.15, 0.2) is 6.33 Å². The van der Waals surface area contributed by atoms with Gasteiger partial charge in [-0.05, 0) is 24.4 Å². The van der Waals surface area contributed by atoms with Crippen LogP contribution in [0.5, 0.6) is 0 Å². The molecule has 0 spiro atoms. The van der Waals surface area contributed by atoms with Gasteiger partial charge in [0.15, 0.2) is 11.5 Å². The van der Waals surface area contributed by atoms with Gasteiger partial charge in [-0.3, -0.25) is 4.79 Å². The average molecular weight is 295 g/mol. The number of halogens is 1. The number of nitrogens with zero attached hydrogens (tertiary/aromatic N) is 4. The second-order valence-electron chi connectivity index (χ2n) is 4.79. The molecule has 3 rings (SSSR count). The Labute approximate surface area is 120 Å². The Hall–Kier alpha value is -1.89. The molecule has 8 heteroatoms. The van der Waals surface area contributed by atoms with Crippen molar-refractivity contribution >= 4 is 34.5 Å². The third-order valence-corrected chi connectivity index (χ3v) is 3.82. The molecule has 0 atom stereocenters. The highest BCUT2D eigenvalue weighted by atomic mass is 35.5. The molecule has 20 heavy (non-hydrogen) atoms. The number of aromatic nitrogens is 4. The molecule has 1 aliphatic rings. The first-order chi connectivity index (χ1) is 9.69. The highest BCUT2D eigenvalue weighted by Gasteiger charge is 2.26. The fraction of sp³-hybridized carbons (Fsp3) is 0.500. The summed E-state index contributed by atoms with van der Waals surface area (Å²) in [5.74, 6) is 0.940. The smallest absolute Gasteiger partial charge is 0.226 e. The first-order valence-corrected chi connectivity index (χ1v) is 6.90. The van der Waals surface area contributed by atoms with Crippen molar-refractivity contribution in [1.29, 1.82) is 0 Å². The lowest BCUT2D eigenvalue weighted by Crippen LogP contribution is -2.40. The van der Waals surface area contributed by atoms with Crippen LogP contribution in [-0.2, 0) is 4.79 Å². The molecule has 3 heterocycles. The molecule has 1 fully saturated rings. The summed E-state index contributed by atoms with van der Waals surface area (Å²) in [4.78, 5) is 29.3. The Morgan fingerprint density at radius 2 is 2.20 bits per heavy atom. The summed E-state index contributed by atoms with van der Waals surface area (Å²) in [6, 6.07) is 0. The molecule has 2 N–H and O–H groups in total. The van der Waals surface area contributed by atoms with Gasteiger partial charge in [0, 0.05) is 26.1 Å². The maximum atomic E-state index is 11.6. The molecule has 7 nitrogen and oxygen atoms in total. The van der Waals surface area contributed by atoms with E-state index in [1.807, 2.05) is 0 Å². The van der Waals surface area contributed by atoms with Crippen LogP contribution in [0.3, 0.4) is 0 Å². The van der Waals surface area contributed by atoms with E-state index in [1.54, 1.807) is 13.4 Å². The fourth-order valence-electron chi connectivity index (χ4n) is 2.58. The second kappa shape index (κ2) is 5.24. The number of H-pyrrole nitrogens is 1. The molecule has 1 saturated heterocycles. The zero-order valence-electron chi connectivity index (χ0n) is 11.1. The van der Waals surface area contributed by atoms with E-state index in [2.05, 4.69) is 30.2 Å². The van der Waals surface area contributed by atoms with Gasteiger partial charge in [-0.15, -0.1) is 0 Å². The van der Waals surface area contributed by atoms with Gasteiger partial charge in [0.25, 0.3) is 0 Å². The summed E-state index contributed by atoms with van der Waals surface area (Å²) in [6.45, 7) is 1.53. The average Bonchev–Trinajstić information content (AvgIpc) is 2.94. The zero-order valence-corrected chi connectivity index (χ0v) is 11.8. The van der Waals surface area contributed by atoms with Gasteiger partial charge < -0.3 is 15.2 Å². The van der Waals surface area contributed by atoms with Crippen molar-refractivity contribution in [2.24, 2.45) is 5.92 Å². The topological polar surface area (TPSA) is 86.8 Å². The van der Waals surface area contributed by atoms with Crippen molar-refractivity contribution in [3.05, 3.63) is 11.6 Å². The van der Waals surface area contributed by atoms with E-state index in [0.717, 1.165) is 37.3 Å². The first kappa shape index (κ1) is 13.1. The number of aromatic amines is 1. The van der Waals surface area contributed by atoms with Gasteiger partial charge in [-0.1, -0.05) is 0 Å². The van der Waals surface area contributed by atoms with Crippen molar-refractivity contribution in [3.8, 4) is 0 Å². The van der Waals surface area contributed by atoms with Gasteiger partial charge >= 0.3 is 0 Å². The lowest BCUT2D eigenvalue weighted by atomic mass is 9.96. The SMILES string of the molecule is CNC(=O)C1CCN(c2nc(Cl)nc3nc[nH]c23)CC1. The summed E-state index contributed by atoms with van der Waals surface area (Å²) in [7, 11) is 1.67. The molecular formula is C12H15ClN6O. The second-order valence-corrected chi connectivity index (χ2v) is 5.13. The van der Waals surface area contributed by atoms with Crippen LogP contribution >= 0.6 is 11.6 Å². The lowest BCUT2D eigenvalue weighted by Gasteiger charge is -2.32. The summed E-state index contributed by atoms with van der Waals surface area (Å²) >= 11 is 5.93. The van der Waals surface area contributed by atoms with Crippen molar-refractivity contribution < 1.29 is 4.79 Å². The third kappa shape index (κ3) is 2.29. The standard InChI is InChI=1S/C12H15ClN6O/c1-14-11(20)7-2-4-19(5-3-7)10-8-9(16-6-15-8)17-12(13)18-10/h6-7H,2-5H2,1H3,(H,14,20)(H,15,16,17,18). The highest BCUT2D eigenvalue weighted by molar-refractivity contribution is 6.28. The third-order valence-electron chi connectivity index (χ3n) is 3.65. The predicted octanol–water partition coefficient (Wildman–Crippen LogP) is 0.969. The highest BCUT2D eigenvalue weighted by Crippen LogP contribution is 2.27. The number of piperidine rings is 1. The van der Waals surface area contributed by atoms with E-state index in [9.17, 15) is 4.79 Å². The van der Waals surface area contributed by atoms with Crippen LogP contribution in [0.4, 0.5) is 5.82 Å². The minimum absolute atomic E-state index is 0.0748. The number of rotatable bonds is 2. The van der Waals surface area contributed by atoms with Gasteiger partial charge in [-0.2, -0.15) is 9.97 Å². The van der Waals surface area contributed by atoms with Gasteiger partial charge in [0.05, 0.1) is 6.33 Å². The van der Waals surface area contributed by atoms with Gasteiger partial charge in [0.1, 0.15) is 5.52 Å². The Morgan fingerprint density at radius 1 is 1.45 bits per heavy atom. The molecule has 2 aromatic rings. The van der Waals surface area contributed by atoms with Crippen LogP contribution in [0.1, 0.15) is 12.8 Å². The fourth-order valence-corrected chi connectivity index (χ4v) is 2.74. The molecule has 2 aromatic heterocycles. The molecule has 0 aliphatic carbocycles. The minimum atomic E-state index is 0.0748. The van der Waals surface area contributed by atoms with Crippen molar-refractivity contribution in [2.45, 2.75) is 12.8 Å². The maximum Gasteiger partial charge on any atom is 0.226 e. The summed E-state index contributed by atoms with van der Waals surface area (Å²) in [5.41, 5.74) is 1.35. The molecular weight excluding hydrogens is 280 g/mol. The Balaban J connectivity index is 1.83. The van der Waals surface area contributed by atoms with E-state index < -0.39 is 0 Å². The van der Waals surface area contributed by atoms with E-state index in [0.29, 0.717) is 5.65 Å². The molecule has 0 saturated carbocycles. The number of nitrogens with one attached hydrogen (secondary N) is 2.